The van der Waals surface area contributed by atoms with Gasteiger partial charge in [0.2, 0.25) is 0 Å². The zero-order valence-electron chi connectivity index (χ0n) is 11.7. The quantitative estimate of drug-likeness (QED) is 0.820. The van der Waals surface area contributed by atoms with Gasteiger partial charge in [0.25, 0.3) is 5.56 Å². The van der Waals surface area contributed by atoms with Gasteiger partial charge in [-0.25, -0.2) is 4.79 Å². The minimum atomic E-state index is -0.580. The molecular weight excluding hydrogens is 270 g/mol. The molecule has 1 aromatic carbocycles. The highest BCUT2D eigenvalue weighted by molar-refractivity contribution is 5.23. The molecule has 0 unspecified atom stereocenters. The summed E-state index contributed by atoms with van der Waals surface area (Å²) in [6, 6.07) is 10.9. The number of nitriles is 1. The van der Waals surface area contributed by atoms with E-state index in [1.807, 2.05) is 24.3 Å². The molecule has 0 saturated heterocycles. The minimum absolute atomic E-state index is 0.0452. The van der Waals surface area contributed by atoms with Gasteiger partial charge in [-0.1, -0.05) is 18.2 Å². The lowest BCUT2D eigenvalue weighted by Crippen LogP contribution is -2.41. The van der Waals surface area contributed by atoms with Gasteiger partial charge in [-0.05, 0) is 19.1 Å². The van der Waals surface area contributed by atoms with Gasteiger partial charge in [-0.2, -0.15) is 5.26 Å². The molecule has 0 atom stereocenters. The van der Waals surface area contributed by atoms with Crippen molar-refractivity contribution in [3.8, 4) is 11.8 Å². The van der Waals surface area contributed by atoms with E-state index in [0.717, 1.165) is 4.57 Å². The van der Waals surface area contributed by atoms with Gasteiger partial charge in [0.05, 0.1) is 6.54 Å². The molecule has 2 rings (SSSR count). The Bertz CT molecular complexity index is 769. The van der Waals surface area contributed by atoms with Crippen molar-refractivity contribution in [3.05, 3.63) is 62.9 Å². The molecule has 21 heavy (non-hydrogen) atoms. The molecule has 0 saturated carbocycles. The van der Waals surface area contributed by atoms with E-state index < -0.39 is 11.2 Å². The summed E-state index contributed by atoms with van der Waals surface area (Å²) in [6.45, 7) is 2.45. The van der Waals surface area contributed by atoms with Crippen molar-refractivity contribution in [2.45, 2.75) is 20.0 Å². The molecule has 0 aliphatic rings. The molecule has 1 heterocycles. The van der Waals surface area contributed by atoms with Crippen molar-refractivity contribution in [1.29, 1.82) is 5.26 Å². The second-order valence-corrected chi connectivity index (χ2v) is 4.34. The number of aromatic nitrogens is 2. The highest BCUT2D eigenvalue weighted by Gasteiger charge is 2.10. The third-order valence-electron chi connectivity index (χ3n) is 3.03. The summed E-state index contributed by atoms with van der Waals surface area (Å²) in [5, 5.41) is 8.95. The van der Waals surface area contributed by atoms with Crippen molar-refractivity contribution < 1.29 is 4.74 Å². The molecule has 0 bridgehead atoms. The third kappa shape index (κ3) is 3.20. The summed E-state index contributed by atoms with van der Waals surface area (Å²) in [5.41, 5.74) is -1.06. The summed E-state index contributed by atoms with van der Waals surface area (Å²) in [6.07, 6.45) is 1.29. The number of ether oxygens (including phenoxy) is 1. The lowest BCUT2D eigenvalue weighted by atomic mass is 10.3. The van der Waals surface area contributed by atoms with Crippen LogP contribution >= 0.6 is 0 Å². The molecule has 0 aliphatic carbocycles. The van der Waals surface area contributed by atoms with Crippen LogP contribution in [0.4, 0.5) is 0 Å². The van der Waals surface area contributed by atoms with Crippen LogP contribution in [0.3, 0.4) is 0 Å². The zero-order valence-corrected chi connectivity index (χ0v) is 11.7. The van der Waals surface area contributed by atoms with Crippen LogP contribution in [0.2, 0.25) is 0 Å². The molecule has 6 heteroatoms. The summed E-state index contributed by atoms with van der Waals surface area (Å²) in [4.78, 5) is 24.1. The molecule has 0 spiro atoms. The van der Waals surface area contributed by atoms with E-state index >= 15 is 0 Å². The molecule has 0 fully saturated rings. The first kappa shape index (κ1) is 14.6. The summed E-state index contributed by atoms with van der Waals surface area (Å²) < 4.78 is 7.84. The Morgan fingerprint density at radius 1 is 1.24 bits per heavy atom. The first-order valence-corrected chi connectivity index (χ1v) is 6.59. The van der Waals surface area contributed by atoms with E-state index in [0.29, 0.717) is 12.3 Å². The van der Waals surface area contributed by atoms with Crippen LogP contribution in [0.1, 0.15) is 12.5 Å². The van der Waals surface area contributed by atoms with Gasteiger partial charge < -0.3 is 4.74 Å². The SMILES string of the molecule is CCn1cc(C#N)c(=O)n(CCOc2ccccc2)c1=O. The van der Waals surface area contributed by atoms with Gasteiger partial charge in [-0.15, -0.1) is 0 Å². The normalized spacial score (nSPS) is 10.1. The predicted molar refractivity (Wildman–Crippen MR) is 77.3 cm³/mol. The van der Waals surface area contributed by atoms with Gasteiger partial charge in [0.1, 0.15) is 24.0 Å². The summed E-state index contributed by atoms with van der Waals surface area (Å²) in [7, 11) is 0. The maximum Gasteiger partial charge on any atom is 0.331 e. The fourth-order valence-corrected chi connectivity index (χ4v) is 1.93. The van der Waals surface area contributed by atoms with E-state index in [-0.39, 0.29) is 18.7 Å². The number of aryl methyl sites for hydroxylation is 1. The molecule has 0 aliphatic heterocycles. The van der Waals surface area contributed by atoms with Gasteiger partial charge in [0.15, 0.2) is 0 Å². The van der Waals surface area contributed by atoms with E-state index in [9.17, 15) is 9.59 Å². The molecule has 1 aromatic heterocycles. The largest absolute Gasteiger partial charge is 0.492 e. The second kappa shape index (κ2) is 6.57. The van der Waals surface area contributed by atoms with E-state index in [4.69, 9.17) is 10.00 Å². The smallest absolute Gasteiger partial charge is 0.331 e. The van der Waals surface area contributed by atoms with Crippen LogP contribution in [-0.4, -0.2) is 15.7 Å². The Morgan fingerprint density at radius 2 is 1.95 bits per heavy atom. The number of hydrogen-bond donors (Lipinski definition) is 0. The van der Waals surface area contributed by atoms with Gasteiger partial charge in [-0.3, -0.25) is 13.9 Å². The summed E-state index contributed by atoms with van der Waals surface area (Å²) in [5.74, 6) is 0.665. The van der Waals surface area contributed by atoms with Crippen LogP contribution in [0.25, 0.3) is 0 Å². The Kier molecular flexibility index (Phi) is 4.57. The van der Waals surface area contributed by atoms with Crippen molar-refractivity contribution in [2.24, 2.45) is 0 Å². The average Bonchev–Trinajstić information content (AvgIpc) is 2.52. The van der Waals surface area contributed by atoms with Crippen molar-refractivity contribution in [3.63, 3.8) is 0 Å². The number of rotatable bonds is 5. The lowest BCUT2D eigenvalue weighted by Gasteiger charge is -2.10. The standard InChI is InChI=1S/C15H15N3O3/c1-2-17-11-12(10-16)14(19)18(15(17)20)8-9-21-13-6-4-3-5-7-13/h3-7,11H,2,8-9H2,1H3. The van der Waals surface area contributed by atoms with Crippen molar-refractivity contribution >= 4 is 0 Å². The van der Waals surface area contributed by atoms with E-state index in [1.165, 1.54) is 10.8 Å². The predicted octanol–water partition coefficient (Wildman–Crippen LogP) is 0.981. The topological polar surface area (TPSA) is 77.0 Å². The Labute approximate surface area is 121 Å². The average molecular weight is 285 g/mol. The number of benzene rings is 1. The summed E-state index contributed by atoms with van der Waals surface area (Å²) >= 11 is 0. The zero-order chi connectivity index (χ0) is 15.2. The minimum Gasteiger partial charge on any atom is -0.492 e. The Hall–Kier alpha value is -2.81. The Balaban J connectivity index is 2.22. The van der Waals surface area contributed by atoms with Crippen LogP contribution < -0.4 is 16.0 Å². The maximum absolute atomic E-state index is 12.1. The van der Waals surface area contributed by atoms with Crippen LogP contribution in [-0.2, 0) is 13.1 Å². The van der Waals surface area contributed by atoms with Crippen molar-refractivity contribution in [2.75, 3.05) is 6.61 Å². The first-order valence-electron chi connectivity index (χ1n) is 6.59. The number of nitrogens with zero attached hydrogens (tertiary/aromatic N) is 3. The first-order chi connectivity index (χ1) is 10.2. The van der Waals surface area contributed by atoms with Gasteiger partial charge in [0, 0.05) is 12.7 Å². The highest BCUT2D eigenvalue weighted by Crippen LogP contribution is 2.07. The molecule has 108 valence electrons. The molecule has 6 nitrogen and oxygen atoms in total. The van der Waals surface area contributed by atoms with E-state index in [2.05, 4.69) is 0 Å². The van der Waals surface area contributed by atoms with Gasteiger partial charge >= 0.3 is 5.69 Å². The molecule has 0 amide bonds. The monoisotopic (exact) mass is 285 g/mol. The van der Waals surface area contributed by atoms with Crippen LogP contribution in [0.15, 0.2) is 46.1 Å². The molecule has 0 radical (unpaired) electrons. The molecular formula is C15H15N3O3. The maximum atomic E-state index is 12.1. The number of para-hydroxylation sites is 1. The highest BCUT2D eigenvalue weighted by atomic mass is 16.5. The second-order valence-electron chi connectivity index (χ2n) is 4.34. The fourth-order valence-electron chi connectivity index (χ4n) is 1.93. The van der Waals surface area contributed by atoms with E-state index in [1.54, 1.807) is 19.1 Å². The molecule has 2 aromatic rings. The lowest BCUT2D eigenvalue weighted by molar-refractivity contribution is 0.291. The molecule has 0 N–H and O–H groups in total. The van der Waals surface area contributed by atoms with Crippen molar-refractivity contribution in [1.82, 2.24) is 9.13 Å². The third-order valence-corrected chi connectivity index (χ3v) is 3.03. The number of hydrogen-bond acceptors (Lipinski definition) is 4. The fraction of sp³-hybridized carbons (Fsp3) is 0.267. The van der Waals surface area contributed by atoms with Crippen LogP contribution in [0, 0.1) is 11.3 Å². The van der Waals surface area contributed by atoms with Crippen LogP contribution in [0.5, 0.6) is 5.75 Å². The Morgan fingerprint density at radius 3 is 2.57 bits per heavy atom.